The van der Waals surface area contributed by atoms with Crippen molar-refractivity contribution in [2.75, 3.05) is 58.1 Å². The molecule has 1 fully saturated rings. The third-order valence-corrected chi connectivity index (χ3v) is 4.24. The standard InChI is InChI=1S/C17H27N3O3/c1-14-5-4-6-16(15(14)2)19-7-9-20(10-8-19)17(21)18-13-23-12-11-22-3/h4-6H,7-13H2,1-3H3,(H,18,21). The predicted molar refractivity (Wildman–Crippen MR) is 90.9 cm³/mol. The molecule has 6 heteroatoms. The van der Waals surface area contributed by atoms with E-state index >= 15 is 0 Å². The van der Waals surface area contributed by atoms with Crippen molar-refractivity contribution in [3.05, 3.63) is 29.3 Å². The molecule has 0 aromatic heterocycles. The molecule has 2 rings (SSSR count). The first kappa shape index (κ1) is 17.6. The van der Waals surface area contributed by atoms with Gasteiger partial charge in [0.25, 0.3) is 0 Å². The second-order valence-corrected chi connectivity index (χ2v) is 5.72. The molecular formula is C17H27N3O3. The Labute approximate surface area is 138 Å². The summed E-state index contributed by atoms with van der Waals surface area (Å²) in [4.78, 5) is 16.3. The molecule has 1 aliphatic heterocycles. The number of piperazine rings is 1. The first-order valence-corrected chi connectivity index (χ1v) is 8.04. The van der Waals surface area contributed by atoms with Gasteiger partial charge in [0.2, 0.25) is 0 Å². The summed E-state index contributed by atoms with van der Waals surface area (Å²) in [5.74, 6) is 0. The summed E-state index contributed by atoms with van der Waals surface area (Å²) in [6.07, 6.45) is 0. The minimum Gasteiger partial charge on any atom is -0.382 e. The Morgan fingerprint density at radius 3 is 2.61 bits per heavy atom. The van der Waals surface area contributed by atoms with E-state index in [1.165, 1.54) is 16.8 Å². The number of nitrogens with one attached hydrogen (secondary N) is 1. The van der Waals surface area contributed by atoms with Crippen molar-refractivity contribution in [1.82, 2.24) is 10.2 Å². The van der Waals surface area contributed by atoms with E-state index in [0.29, 0.717) is 13.2 Å². The predicted octanol–water partition coefficient (Wildman–Crippen LogP) is 1.76. The Hall–Kier alpha value is -1.79. The molecule has 0 spiro atoms. The van der Waals surface area contributed by atoms with Crippen LogP contribution >= 0.6 is 0 Å². The number of hydrogen-bond donors (Lipinski definition) is 1. The van der Waals surface area contributed by atoms with Crippen molar-refractivity contribution in [2.45, 2.75) is 13.8 Å². The highest BCUT2D eigenvalue weighted by atomic mass is 16.5. The van der Waals surface area contributed by atoms with Crippen LogP contribution in [0, 0.1) is 13.8 Å². The molecule has 2 amide bonds. The van der Waals surface area contributed by atoms with Crippen molar-refractivity contribution in [3.8, 4) is 0 Å². The molecule has 1 aliphatic rings. The van der Waals surface area contributed by atoms with Gasteiger partial charge in [-0.2, -0.15) is 0 Å². The fourth-order valence-corrected chi connectivity index (χ4v) is 2.67. The average Bonchev–Trinajstić information content (AvgIpc) is 2.57. The lowest BCUT2D eigenvalue weighted by Crippen LogP contribution is -2.52. The quantitative estimate of drug-likeness (QED) is 0.641. The number of amides is 2. The van der Waals surface area contributed by atoms with Crippen LogP contribution in [0.25, 0.3) is 0 Å². The fourth-order valence-electron chi connectivity index (χ4n) is 2.67. The van der Waals surface area contributed by atoms with Crippen LogP contribution < -0.4 is 10.2 Å². The number of methoxy groups -OCH3 is 1. The van der Waals surface area contributed by atoms with Crippen molar-refractivity contribution in [1.29, 1.82) is 0 Å². The third kappa shape index (κ3) is 4.84. The first-order chi connectivity index (χ1) is 11.1. The third-order valence-electron chi connectivity index (χ3n) is 4.24. The lowest BCUT2D eigenvalue weighted by atomic mass is 10.1. The molecule has 0 aliphatic carbocycles. The molecule has 128 valence electrons. The van der Waals surface area contributed by atoms with Gasteiger partial charge >= 0.3 is 6.03 Å². The van der Waals surface area contributed by atoms with Gasteiger partial charge in [-0.15, -0.1) is 0 Å². The van der Waals surface area contributed by atoms with Crippen molar-refractivity contribution < 1.29 is 14.3 Å². The van der Waals surface area contributed by atoms with Gasteiger partial charge in [-0.1, -0.05) is 12.1 Å². The molecule has 0 unspecified atom stereocenters. The minimum atomic E-state index is -0.0666. The summed E-state index contributed by atoms with van der Waals surface area (Å²) in [6, 6.07) is 6.31. The first-order valence-electron chi connectivity index (χ1n) is 8.04. The SMILES string of the molecule is COCCOCNC(=O)N1CCN(c2cccc(C)c2C)CC1. The maximum absolute atomic E-state index is 12.1. The normalized spacial score (nSPS) is 14.9. The second-order valence-electron chi connectivity index (χ2n) is 5.72. The van der Waals surface area contributed by atoms with E-state index in [4.69, 9.17) is 9.47 Å². The Morgan fingerprint density at radius 2 is 1.91 bits per heavy atom. The van der Waals surface area contributed by atoms with Gasteiger partial charge in [0.15, 0.2) is 0 Å². The Morgan fingerprint density at radius 1 is 1.17 bits per heavy atom. The highest BCUT2D eigenvalue weighted by molar-refractivity contribution is 5.74. The summed E-state index contributed by atoms with van der Waals surface area (Å²) in [5.41, 5.74) is 3.89. The van der Waals surface area contributed by atoms with E-state index in [1.807, 2.05) is 4.90 Å². The summed E-state index contributed by atoms with van der Waals surface area (Å²) < 4.78 is 10.1. The molecule has 1 aromatic rings. The van der Waals surface area contributed by atoms with Gasteiger partial charge in [-0.3, -0.25) is 0 Å². The number of nitrogens with zero attached hydrogens (tertiary/aromatic N) is 2. The lowest BCUT2D eigenvalue weighted by molar-refractivity contribution is 0.0615. The van der Waals surface area contributed by atoms with Crippen molar-refractivity contribution >= 4 is 11.7 Å². The zero-order valence-corrected chi connectivity index (χ0v) is 14.3. The Balaban J connectivity index is 1.77. The average molecular weight is 321 g/mol. The molecule has 1 N–H and O–H groups in total. The summed E-state index contributed by atoms with van der Waals surface area (Å²) in [5, 5.41) is 2.78. The van der Waals surface area contributed by atoms with Gasteiger partial charge in [-0.25, -0.2) is 4.79 Å². The molecule has 0 saturated carbocycles. The molecular weight excluding hydrogens is 294 g/mol. The second kappa shape index (κ2) is 8.74. The van der Waals surface area contributed by atoms with Crippen LogP contribution in [0.3, 0.4) is 0 Å². The topological polar surface area (TPSA) is 54.0 Å². The van der Waals surface area contributed by atoms with E-state index in [-0.39, 0.29) is 12.8 Å². The highest BCUT2D eigenvalue weighted by Gasteiger charge is 2.22. The number of aryl methyl sites for hydroxylation is 1. The van der Waals surface area contributed by atoms with E-state index in [9.17, 15) is 4.79 Å². The van der Waals surface area contributed by atoms with Crippen LogP contribution in [0.15, 0.2) is 18.2 Å². The molecule has 6 nitrogen and oxygen atoms in total. The number of anilines is 1. The minimum absolute atomic E-state index is 0.0666. The van der Waals surface area contributed by atoms with Crippen molar-refractivity contribution in [2.24, 2.45) is 0 Å². The number of carbonyl (C=O) groups excluding carboxylic acids is 1. The monoisotopic (exact) mass is 321 g/mol. The fraction of sp³-hybridized carbons (Fsp3) is 0.588. The van der Waals surface area contributed by atoms with Crippen molar-refractivity contribution in [3.63, 3.8) is 0 Å². The summed E-state index contributed by atoms with van der Waals surface area (Å²) in [7, 11) is 1.62. The van der Waals surface area contributed by atoms with Gasteiger partial charge in [0, 0.05) is 39.0 Å². The van der Waals surface area contributed by atoms with Crippen LogP contribution in [0.2, 0.25) is 0 Å². The molecule has 1 aromatic carbocycles. The zero-order valence-electron chi connectivity index (χ0n) is 14.3. The highest BCUT2D eigenvalue weighted by Crippen LogP contribution is 2.23. The van der Waals surface area contributed by atoms with E-state index < -0.39 is 0 Å². The molecule has 1 saturated heterocycles. The lowest BCUT2D eigenvalue weighted by Gasteiger charge is -2.37. The zero-order chi connectivity index (χ0) is 16.7. The molecule has 1 heterocycles. The molecule has 0 atom stereocenters. The van der Waals surface area contributed by atoms with Crippen LogP contribution in [0.4, 0.5) is 10.5 Å². The van der Waals surface area contributed by atoms with Crippen LogP contribution in [0.1, 0.15) is 11.1 Å². The number of rotatable bonds is 6. The molecule has 0 bridgehead atoms. The van der Waals surface area contributed by atoms with E-state index in [2.05, 4.69) is 42.3 Å². The number of benzene rings is 1. The van der Waals surface area contributed by atoms with Gasteiger partial charge in [-0.05, 0) is 31.0 Å². The van der Waals surface area contributed by atoms with Gasteiger partial charge in [0.05, 0.1) is 13.2 Å². The maximum Gasteiger partial charge on any atom is 0.319 e. The molecule has 0 radical (unpaired) electrons. The Bertz CT molecular complexity index is 514. The van der Waals surface area contributed by atoms with E-state index in [1.54, 1.807) is 7.11 Å². The summed E-state index contributed by atoms with van der Waals surface area (Å²) in [6.45, 7) is 8.66. The summed E-state index contributed by atoms with van der Waals surface area (Å²) >= 11 is 0. The molecule has 23 heavy (non-hydrogen) atoms. The van der Waals surface area contributed by atoms with Crippen LogP contribution in [-0.4, -0.2) is 64.2 Å². The number of hydrogen-bond acceptors (Lipinski definition) is 4. The largest absolute Gasteiger partial charge is 0.382 e. The number of carbonyl (C=O) groups is 1. The van der Waals surface area contributed by atoms with Crippen LogP contribution in [-0.2, 0) is 9.47 Å². The van der Waals surface area contributed by atoms with Gasteiger partial charge < -0.3 is 24.6 Å². The van der Waals surface area contributed by atoms with Gasteiger partial charge in [0.1, 0.15) is 6.73 Å². The van der Waals surface area contributed by atoms with E-state index in [0.717, 1.165) is 26.2 Å². The van der Waals surface area contributed by atoms with Crippen LogP contribution in [0.5, 0.6) is 0 Å². The Kier molecular flexibility index (Phi) is 6.67. The number of urea groups is 1. The number of ether oxygens (including phenoxy) is 2. The maximum atomic E-state index is 12.1. The smallest absolute Gasteiger partial charge is 0.319 e.